The second kappa shape index (κ2) is 7.25. The molecule has 13 heavy (non-hydrogen) atoms. The van der Waals surface area contributed by atoms with Crippen molar-refractivity contribution in [3.8, 4) is 0 Å². The molecule has 0 aromatic rings. The van der Waals surface area contributed by atoms with Crippen molar-refractivity contribution in [2.75, 3.05) is 11.5 Å². The van der Waals surface area contributed by atoms with Crippen molar-refractivity contribution >= 4 is 16.6 Å². The standard InChI is InChI=1S/C10H20O2S/c1-4-10(11)6-5-7-13(12)8-9(2)3/h9H,4-8H2,1-3H3. The summed E-state index contributed by atoms with van der Waals surface area (Å²) in [5.41, 5.74) is 0. The first kappa shape index (κ1) is 12.8. The molecule has 0 saturated carbocycles. The minimum Gasteiger partial charge on any atom is -0.300 e. The normalized spacial score (nSPS) is 13.2. The largest absolute Gasteiger partial charge is 0.300 e. The van der Waals surface area contributed by atoms with Crippen LogP contribution in [0.5, 0.6) is 0 Å². The van der Waals surface area contributed by atoms with Gasteiger partial charge in [-0.2, -0.15) is 0 Å². The minimum atomic E-state index is -0.721. The van der Waals surface area contributed by atoms with Gasteiger partial charge in [-0.3, -0.25) is 9.00 Å². The number of hydrogen-bond acceptors (Lipinski definition) is 2. The van der Waals surface area contributed by atoms with Gasteiger partial charge in [0.05, 0.1) is 0 Å². The van der Waals surface area contributed by atoms with E-state index in [0.717, 1.165) is 12.2 Å². The van der Waals surface area contributed by atoms with Crippen molar-refractivity contribution in [2.45, 2.75) is 40.0 Å². The van der Waals surface area contributed by atoms with E-state index in [-0.39, 0.29) is 5.78 Å². The number of rotatable bonds is 7. The topological polar surface area (TPSA) is 34.1 Å². The molecule has 0 aliphatic heterocycles. The van der Waals surface area contributed by atoms with Crippen LogP contribution >= 0.6 is 0 Å². The summed E-state index contributed by atoms with van der Waals surface area (Å²) < 4.78 is 11.3. The molecule has 0 rings (SSSR count). The Morgan fingerprint density at radius 2 is 2.00 bits per heavy atom. The van der Waals surface area contributed by atoms with Gasteiger partial charge in [-0.05, 0) is 12.3 Å². The molecule has 1 atom stereocenters. The summed E-state index contributed by atoms with van der Waals surface area (Å²) in [6.07, 6.45) is 1.99. The highest BCUT2D eigenvalue weighted by Crippen LogP contribution is 2.01. The fourth-order valence-electron chi connectivity index (χ4n) is 1.06. The van der Waals surface area contributed by atoms with Crippen LogP contribution in [0.4, 0.5) is 0 Å². The molecule has 78 valence electrons. The lowest BCUT2D eigenvalue weighted by Crippen LogP contribution is -2.09. The molecule has 0 amide bonds. The summed E-state index contributed by atoms with van der Waals surface area (Å²) in [4.78, 5) is 10.9. The van der Waals surface area contributed by atoms with Crippen LogP contribution in [0.25, 0.3) is 0 Å². The molecule has 0 heterocycles. The van der Waals surface area contributed by atoms with Gasteiger partial charge in [0.25, 0.3) is 0 Å². The van der Waals surface area contributed by atoms with Gasteiger partial charge in [-0.1, -0.05) is 20.8 Å². The van der Waals surface area contributed by atoms with Crippen LogP contribution in [0, 0.1) is 5.92 Å². The van der Waals surface area contributed by atoms with Crippen molar-refractivity contribution in [3.05, 3.63) is 0 Å². The molecule has 0 saturated heterocycles. The van der Waals surface area contributed by atoms with E-state index >= 15 is 0 Å². The summed E-state index contributed by atoms with van der Waals surface area (Å²) in [6.45, 7) is 6.00. The number of hydrogen-bond donors (Lipinski definition) is 0. The quantitative estimate of drug-likeness (QED) is 0.637. The Balaban J connectivity index is 3.42. The van der Waals surface area contributed by atoms with E-state index in [1.54, 1.807) is 0 Å². The van der Waals surface area contributed by atoms with E-state index in [9.17, 15) is 9.00 Å². The second-order valence-electron chi connectivity index (χ2n) is 3.70. The zero-order chi connectivity index (χ0) is 10.3. The lowest BCUT2D eigenvalue weighted by Gasteiger charge is -2.03. The molecular weight excluding hydrogens is 184 g/mol. The Morgan fingerprint density at radius 3 is 2.46 bits per heavy atom. The highest BCUT2D eigenvalue weighted by Gasteiger charge is 2.04. The summed E-state index contributed by atoms with van der Waals surface area (Å²) in [6, 6.07) is 0. The van der Waals surface area contributed by atoms with Crippen LogP contribution in [-0.2, 0) is 15.6 Å². The molecule has 0 bridgehead atoms. The predicted octanol–water partition coefficient (Wildman–Crippen LogP) is 2.15. The van der Waals surface area contributed by atoms with E-state index in [2.05, 4.69) is 13.8 Å². The van der Waals surface area contributed by atoms with Crippen molar-refractivity contribution in [1.82, 2.24) is 0 Å². The molecule has 0 radical (unpaired) electrons. The SMILES string of the molecule is CCC(=O)CCCS(=O)CC(C)C. The van der Waals surface area contributed by atoms with Gasteiger partial charge in [-0.15, -0.1) is 0 Å². The van der Waals surface area contributed by atoms with Gasteiger partial charge in [0.1, 0.15) is 5.78 Å². The Labute approximate surface area is 83.6 Å². The molecule has 2 nitrogen and oxygen atoms in total. The zero-order valence-corrected chi connectivity index (χ0v) is 9.65. The van der Waals surface area contributed by atoms with E-state index in [1.807, 2.05) is 6.92 Å². The molecule has 0 N–H and O–H groups in total. The Bertz CT molecular complexity index is 176. The van der Waals surface area contributed by atoms with Gasteiger partial charge < -0.3 is 0 Å². The maximum atomic E-state index is 11.3. The van der Waals surface area contributed by atoms with Crippen LogP contribution in [0.1, 0.15) is 40.0 Å². The van der Waals surface area contributed by atoms with Gasteiger partial charge in [0.2, 0.25) is 0 Å². The third-order valence-corrected chi connectivity index (χ3v) is 3.52. The Kier molecular flexibility index (Phi) is 7.14. The van der Waals surface area contributed by atoms with E-state index in [1.165, 1.54) is 0 Å². The van der Waals surface area contributed by atoms with Crippen molar-refractivity contribution < 1.29 is 9.00 Å². The highest BCUT2D eigenvalue weighted by atomic mass is 32.2. The Hall–Kier alpha value is -0.180. The van der Waals surface area contributed by atoms with Crippen molar-refractivity contribution in [1.29, 1.82) is 0 Å². The first-order chi connectivity index (χ1) is 6.06. The summed E-state index contributed by atoms with van der Waals surface area (Å²) in [7, 11) is -0.721. The van der Waals surface area contributed by atoms with Gasteiger partial charge in [0, 0.05) is 35.1 Å². The fraction of sp³-hybridized carbons (Fsp3) is 0.900. The molecule has 0 spiro atoms. The lowest BCUT2D eigenvalue weighted by molar-refractivity contribution is -0.118. The molecule has 3 heteroatoms. The number of carbonyl (C=O) groups excluding carboxylic acids is 1. The van der Waals surface area contributed by atoms with E-state index in [4.69, 9.17) is 0 Å². The minimum absolute atomic E-state index is 0.279. The van der Waals surface area contributed by atoms with Crippen LogP contribution in [0.3, 0.4) is 0 Å². The smallest absolute Gasteiger partial charge is 0.132 e. The van der Waals surface area contributed by atoms with Crippen LogP contribution in [0.15, 0.2) is 0 Å². The third-order valence-electron chi connectivity index (χ3n) is 1.74. The summed E-state index contributed by atoms with van der Waals surface area (Å²) in [5.74, 6) is 2.22. The fourth-order valence-corrected chi connectivity index (χ4v) is 2.44. The second-order valence-corrected chi connectivity index (χ2v) is 5.32. The molecule has 0 fully saturated rings. The molecular formula is C10H20O2S. The monoisotopic (exact) mass is 204 g/mol. The van der Waals surface area contributed by atoms with Crippen molar-refractivity contribution in [3.63, 3.8) is 0 Å². The average molecular weight is 204 g/mol. The number of Topliss-reactive ketones (excluding diaryl/α,β-unsaturated/α-hetero) is 1. The first-order valence-electron chi connectivity index (χ1n) is 4.93. The summed E-state index contributed by atoms with van der Waals surface area (Å²) in [5, 5.41) is 0. The molecule has 0 aromatic heterocycles. The van der Waals surface area contributed by atoms with Crippen molar-refractivity contribution in [2.24, 2.45) is 5.92 Å². The van der Waals surface area contributed by atoms with Gasteiger partial charge in [0.15, 0.2) is 0 Å². The van der Waals surface area contributed by atoms with Crippen LogP contribution in [-0.4, -0.2) is 21.5 Å². The van der Waals surface area contributed by atoms with E-state index < -0.39 is 10.8 Å². The van der Waals surface area contributed by atoms with E-state index in [0.29, 0.717) is 24.5 Å². The molecule has 0 aromatic carbocycles. The number of ketones is 1. The maximum absolute atomic E-state index is 11.3. The zero-order valence-electron chi connectivity index (χ0n) is 8.84. The average Bonchev–Trinajstić information content (AvgIpc) is 2.02. The van der Waals surface area contributed by atoms with Gasteiger partial charge in [-0.25, -0.2) is 0 Å². The molecule has 1 unspecified atom stereocenters. The first-order valence-corrected chi connectivity index (χ1v) is 6.41. The number of carbonyl (C=O) groups is 1. The lowest BCUT2D eigenvalue weighted by atomic mass is 10.2. The third kappa shape index (κ3) is 8.16. The molecule has 0 aliphatic carbocycles. The summed E-state index contributed by atoms with van der Waals surface area (Å²) >= 11 is 0. The van der Waals surface area contributed by atoms with Crippen LogP contribution in [0.2, 0.25) is 0 Å². The van der Waals surface area contributed by atoms with Crippen LogP contribution < -0.4 is 0 Å². The maximum Gasteiger partial charge on any atom is 0.132 e. The Morgan fingerprint density at radius 1 is 1.38 bits per heavy atom. The predicted molar refractivity (Wildman–Crippen MR) is 57.2 cm³/mol. The molecule has 0 aliphatic rings. The highest BCUT2D eigenvalue weighted by molar-refractivity contribution is 7.84. The van der Waals surface area contributed by atoms with Gasteiger partial charge >= 0.3 is 0 Å².